The van der Waals surface area contributed by atoms with Crippen LogP contribution in [0.1, 0.15) is 12.0 Å². The fraction of sp³-hybridized carbons (Fsp3) is 0.214. The van der Waals surface area contributed by atoms with E-state index >= 15 is 0 Å². The predicted molar refractivity (Wildman–Crippen MR) is 76.8 cm³/mol. The summed E-state index contributed by atoms with van der Waals surface area (Å²) < 4.78 is 7.31. The molecule has 3 aromatic heterocycles. The van der Waals surface area contributed by atoms with E-state index in [0.29, 0.717) is 23.1 Å². The fourth-order valence-electron chi connectivity index (χ4n) is 2.56. The first-order valence-corrected chi connectivity index (χ1v) is 7.29. The molecular weight excluding hydrogens is 274 g/mol. The molecule has 0 unspecified atom stereocenters. The molecule has 1 aliphatic rings. The molecule has 100 valence electrons. The molecule has 0 N–H and O–H groups in total. The molecular formula is C14H11N3O2S. The summed E-state index contributed by atoms with van der Waals surface area (Å²) in [6.45, 7) is 0.650. The zero-order valence-corrected chi connectivity index (χ0v) is 11.4. The number of nitrogens with zero attached hydrogens (tertiary/aromatic N) is 3. The van der Waals surface area contributed by atoms with Crippen molar-refractivity contribution < 1.29 is 4.74 Å². The smallest absolute Gasteiger partial charge is 0.265 e. The lowest BCUT2D eigenvalue weighted by molar-refractivity contribution is 0.290. The van der Waals surface area contributed by atoms with Crippen molar-refractivity contribution in [1.29, 1.82) is 0 Å². The Balaban J connectivity index is 2.18. The highest BCUT2D eigenvalue weighted by Gasteiger charge is 2.22. The van der Waals surface area contributed by atoms with Crippen molar-refractivity contribution in [3.8, 4) is 10.9 Å². The van der Waals surface area contributed by atoms with Gasteiger partial charge in [-0.15, -0.1) is 11.3 Å². The molecule has 6 heteroatoms. The number of ether oxygens (including phenoxy) is 1. The number of aromatic nitrogens is 3. The summed E-state index contributed by atoms with van der Waals surface area (Å²) in [5, 5.41) is 3.37. The van der Waals surface area contributed by atoms with Gasteiger partial charge >= 0.3 is 0 Å². The van der Waals surface area contributed by atoms with Crippen LogP contribution in [0.2, 0.25) is 0 Å². The Morgan fingerprint density at radius 2 is 2.25 bits per heavy atom. The van der Waals surface area contributed by atoms with Crippen molar-refractivity contribution in [3.05, 3.63) is 45.8 Å². The summed E-state index contributed by atoms with van der Waals surface area (Å²) in [6.07, 6.45) is 4.98. The third-order valence-corrected chi connectivity index (χ3v) is 4.16. The van der Waals surface area contributed by atoms with E-state index in [4.69, 9.17) is 4.74 Å². The Bertz CT molecular complexity index is 839. The van der Waals surface area contributed by atoms with E-state index in [9.17, 15) is 4.79 Å². The largest absolute Gasteiger partial charge is 0.492 e. The topological polar surface area (TPSA) is 57.0 Å². The van der Waals surface area contributed by atoms with E-state index in [1.165, 1.54) is 11.3 Å². The van der Waals surface area contributed by atoms with Crippen LogP contribution in [0, 0.1) is 0 Å². The zero-order valence-electron chi connectivity index (χ0n) is 10.6. The van der Waals surface area contributed by atoms with Crippen LogP contribution in [0.4, 0.5) is 0 Å². The number of hydrogen-bond donors (Lipinski definition) is 0. The molecule has 0 aromatic carbocycles. The molecule has 4 heterocycles. The van der Waals surface area contributed by atoms with Crippen molar-refractivity contribution in [3.63, 3.8) is 0 Å². The summed E-state index contributed by atoms with van der Waals surface area (Å²) >= 11 is 1.43. The molecule has 0 spiro atoms. The average molecular weight is 285 g/mol. The van der Waals surface area contributed by atoms with Gasteiger partial charge in [-0.3, -0.25) is 4.79 Å². The van der Waals surface area contributed by atoms with Gasteiger partial charge in [-0.1, -0.05) is 0 Å². The summed E-state index contributed by atoms with van der Waals surface area (Å²) in [6, 6.07) is 3.80. The molecule has 20 heavy (non-hydrogen) atoms. The third-order valence-electron chi connectivity index (χ3n) is 3.41. The van der Waals surface area contributed by atoms with Crippen LogP contribution in [0.15, 0.2) is 34.7 Å². The van der Waals surface area contributed by atoms with E-state index in [2.05, 4.69) is 9.97 Å². The van der Waals surface area contributed by atoms with Gasteiger partial charge in [0, 0.05) is 17.8 Å². The highest BCUT2D eigenvalue weighted by atomic mass is 32.1. The Morgan fingerprint density at radius 1 is 1.30 bits per heavy atom. The van der Waals surface area contributed by atoms with Gasteiger partial charge in [0.1, 0.15) is 5.75 Å². The standard InChI is InChI=1S/C14H11N3O2S/c18-13-10-4-2-7-19-11(10)9-3-1-5-15-12(9)17(13)14-16-6-8-20-14/h1,3,5-6,8H,2,4,7H2. The first-order valence-electron chi connectivity index (χ1n) is 6.41. The number of fused-ring (bicyclic) bond motifs is 3. The molecule has 3 aromatic rings. The second-order valence-electron chi connectivity index (χ2n) is 4.59. The maximum atomic E-state index is 12.7. The quantitative estimate of drug-likeness (QED) is 0.687. The van der Waals surface area contributed by atoms with Gasteiger partial charge in [-0.2, -0.15) is 0 Å². The van der Waals surface area contributed by atoms with Crippen molar-refractivity contribution in [2.75, 3.05) is 6.61 Å². The molecule has 1 aliphatic heterocycles. The van der Waals surface area contributed by atoms with E-state index in [0.717, 1.165) is 23.8 Å². The molecule has 0 amide bonds. The van der Waals surface area contributed by atoms with Gasteiger partial charge in [-0.25, -0.2) is 14.5 Å². The second kappa shape index (κ2) is 4.42. The van der Waals surface area contributed by atoms with Gasteiger partial charge in [0.2, 0.25) is 0 Å². The van der Waals surface area contributed by atoms with E-state index in [1.54, 1.807) is 17.0 Å². The average Bonchev–Trinajstić information content (AvgIpc) is 3.02. The predicted octanol–water partition coefficient (Wildman–Crippen LogP) is 2.17. The van der Waals surface area contributed by atoms with Gasteiger partial charge < -0.3 is 4.74 Å². The van der Waals surface area contributed by atoms with Crippen molar-refractivity contribution >= 4 is 22.4 Å². The van der Waals surface area contributed by atoms with E-state index in [-0.39, 0.29) is 5.56 Å². The highest BCUT2D eigenvalue weighted by molar-refractivity contribution is 7.12. The molecule has 0 saturated heterocycles. The Hall–Kier alpha value is -2.21. The van der Waals surface area contributed by atoms with Crippen LogP contribution in [-0.2, 0) is 6.42 Å². The zero-order chi connectivity index (χ0) is 13.5. The van der Waals surface area contributed by atoms with Gasteiger partial charge in [0.15, 0.2) is 10.8 Å². The van der Waals surface area contributed by atoms with Crippen LogP contribution >= 0.6 is 11.3 Å². The maximum absolute atomic E-state index is 12.7. The van der Waals surface area contributed by atoms with E-state index < -0.39 is 0 Å². The molecule has 5 nitrogen and oxygen atoms in total. The summed E-state index contributed by atoms with van der Waals surface area (Å²) in [5.74, 6) is 0.692. The van der Waals surface area contributed by atoms with Crippen molar-refractivity contribution in [2.45, 2.75) is 12.8 Å². The number of thiazole rings is 1. The first kappa shape index (κ1) is 11.6. The highest BCUT2D eigenvalue weighted by Crippen LogP contribution is 2.31. The minimum absolute atomic E-state index is 0.0687. The van der Waals surface area contributed by atoms with Crippen molar-refractivity contribution in [1.82, 2.24) is 14.5 Å². The van der Waals surface area contributed by atoms with Crippen LogP contribution in [0.3, 0.4) is 0 Å². The Labute approximate surface area is 118 Å². The van der Waals surface area contributed by atoms with Gasteiger partial charge in [0.25, 0.3) is 5.56 Å². The lowest BCUT2D eigenvalue weighted by Gasteiger charge is -2.20. The summed E-state index contributed by atoms with van der Waals surface area (Å²) in [4.78, 5) is 21.3. The number of hydrogen-bond acceptors (Lipinski definition) is 5. The first-order chi connectivity index (χ1) is 9.86. The molecule has 0 radical (unpaired) electrons. The summed E-state index contributed by atoms with van der Waals surface area (Å²) in [5.41, 5.74) is 1.26. The van der Waals surface area contributed by atoms with Crippen LogP contribution in [0.5, 0.6) is 5.75 Å². The second-order valence-corrected chi connectivity index (χ2v) is 5.46. The van der Waals surface area contributed by atoms with E-state index in [1.807, 2.05) is 17.5 Å². The van der Waals surface area contributed by atoms with Gasteiger partial charge in [0.05, 0.1) is 17.6 Å². The minimum Gasteiger partial charge on any atom is -0.492 e. The monoisotopic (exact) mass is 285 g/mol. The molecule has 4 rings (SSSR count). The number of pyridine rings is 2. The maximum Gasteiger partial charge on any atom is 0.265 e. The SMILES string of the molecule is O=c1c2c(c3cccnc3n1-c1nccs1)OCCC2. The minimum atomic E-state index is -0.0687. The number of rotatable bonds is 1. The fourth-order valence-corrected chi connectivity index (χ4v) is 3.20. The molecule has 0 fully saturated rings. The third kappa shape index (κ3) is 1.58. The van der Waals surface area contributed by atoms with Crippen LogP contribution < -0.4 is 10.3 Å². The van der Waals surface area contributed by atoms with Crippen LogP contribution in [-0.4, -0.2) is 21.1 Å². The lowest BCUT2D eigenvalue weighted by Crippen LogP contribution is -2.27. The lowest BCUT2D eigenvalue weighted by atomic mass is 10.1. The van der Waals surface area contributed by atoms with Crippen molar-refractivity contribution in [2.24, 2.45) is 0 Å². The Kier molecular flexibility index (Phi) is 2.56. The Morgan fingerprint density at radius 3 is 3.10 bits per heavy atom. The molecule has 0 atom stereocenters. The van der Waals surface area contributed by atoms with Crippen LogP contribution in [0.25, 0.3) is 16.2 Å². The molecule has 0 bridgehead atoms. The normalized spacial score (nSPS) is 14.0. The molecule has 0 aliphatic carbocycles. The molecule has 0 saturated carbocycles. The summed E-state index contributed by atoms with van der Waals surface area (Å²) in [7, 11) is 0. The van der Waals surface area contributed by atoms with Gasteiger partial charge in [-0.05, 0) is 25.0 Å².